The van der Waals surface area contributed by atoms with E-state index in [0.717, 1.165) is 150 Å². The van der Waals surface area contributed by atoms with Gasteiger partial charge in [-0.15, -0.1) is 0 Å². The van der Waals surface area contributed by atoms with E-state index in [4.69, 9.17) is 21.5 Å². The number of nitrogens with zero attached hydrogens (tertiary/aromatic N) is 8. The number of benzene rings is 14. The van der Waals surface area contributed by atoms with E-state index in [9.17, 15) is 10.5 Å². The van der Waals surface area contributed by atoms with E-state index in [1.165, 1.54) is 0 Å². The lowest BCUT2D eigenvalue weighted by atomic mass is 9.99. The summed E-state index contributed by atoms with van der Waals surface area (Å²) in [7, 11) is 0. The van der Waals surface area contributed by atoms with Crippen LogP contribution in [-0.2, 0) is 0 Å². The van der Waals surface area contributed by atoms with Gasteiger partial charge in [0.05, 0.1) is 51.9 Å². The van der Waals surface area contributed by atoms with Gasteiger partial charge < -0.3 is 9.13 Å². The molecule has 0 unspecified atom stereocenters. The number of hydrogen-bond donors (Lipinski definition) is 0. The number of rotatable bonds is 12. The van der Waals surface area contributed by atoms with Gasteiger partial charge in [-0.05, 0) is 187 Å². The quantitative estimate of drug-likeness (QED) is 0.113. The predicted molar refractivity (Wildman–Crippen MR) is 399 cm³/mol. The molecule has 0 spiro atoms. The van der Waals surface area contributed by atoms with Gasteiger partial charge in [-0.2, -0.15) is 10.5 Å². The van der Waals surface area contributed by atoms with Crippen LogP contribution in [0.2, 0.25) is 0 Å². The van der Waals surface area contributed by atoms with Gasteiger partial charge in [0.15, 0.2) is 23.2 Å². The molecule has 0 amide bonds. The van der Waals surface area contributed by atoms with Gasteiger partial charge in [0.1, 0.15) is 0 Å². The molecule has 0 aliphatic carbocycles. The minimum atomic E-state index is 0.443. The summed E-state index contributed by atoms with van der Waals surface area (Å²) in [5.74, 6) is 1.34. The van der Waals surface area contributed by atoms with Gasteiger partial charge in [-0.25, -0.2) is 19.8 Å². The average molecular weight is 1250 g/mol. The summed E-state index contributed by atoms with van der Waals surface area (Å²) >= 11 is 0. The first-order chi connectivity index (χ1) is 48.4. The van der Waals surface area contributed by atoms with E-state index in [2.05, 4.69) is 232 Å². The zero-order valence-corrected chi connectivity index (χ0v) is 52.8. The van der Waals surface area contributed by atoms with Gasteiger partial charge in [0.2, 0.25) is 0 Å². The molecule has 0 aliphatic rings. The first-order valence-corrected chi connectivity index (χ1v) is 32.4. The molecular weight excluding hydrogens is 1190 g/mol. The highest BCUT2D eigenvalue weighted by Gasteiger charge is 2.23. The summed E-state index contributed by atoms with van der Waals surface area (Å²) in [4.78, 5) is 20.4. The monoisotopic (exact) mass is 1250 g/mol. The number of fused-ring (bicyclic) bond motifs is 6. The summed E-state index contributed by atoms with van der Waals surface area (Å²) in [5, 5.41) is 24.3. The lowest BCUT2D eigenvalue weighted by Crippen LogP contribution is -2.03. The molecular formula is C90H54N8. The van der Waals surface area contributed by atoms with Gasteiger partial charge in [-0.3, -0.25) is 0 Å². The third kappa shape index (κ3) is 10.8. The van der Waals surface area contributed by atoms with Crippen LogP contribution in [0.15, 0.2) is 328 Å². The van der Waals surface area contributed by atoms with Crippen LogP contribution in [-0.4, -0.2) is 24.1 Å². The molecule has 8 nitrogen and oxygen atoms in total. The fraction of sp³-hybridized carbons (Fsp3) is 0. The minimum Gasteiger partial charge on any atom is -0.309 e. The van der Waals surface area contributed by atoms with Crippen molar-refractivity contribution in [1.29, 1.82) is 10.5 Å². The van der Waals surface area contributed by atoms with Crippen molar-refractivity contribution in [2.45, 2.75) is 0 Å². The Balaban J connectivity index is 0.915. The summed E-state index contributed by atoms with van der Waals surface area (Å²) in [6, 6.07) is 118. The molecule has 454 valence electrons. The van der Waals surface area contributed by atoms with E-state index in [-0.39, 0.29) is 0 Å². The average Bonchev–Trinajstić information content (AvgIpc) is 1.56. The van der Waals surface area contributed by atoms with Gasteiger partial charge in [0.25, 0.3) is 0 Å². The molecule has 0 aliphatic heterocycles. The topological polar surface area (TPSA) is 100 Å². The summed E-state index contributed by atoms with van der Waals surface area (Å²) in [5.41, 5.74) is 24.3. The lowest BCUT2D eigenvalue weighted by molar-refractivity contribution is 1.07. The molecule has 0 N–H and O–H groups in total. The molecule has 0 fully saturated rings. The van der Waals surface area contributed by atoms with Crippen LogP contribution in [0, 0.1) is 29.2 Å². The number of aromatic nitrogens is 5. The van der Waals surface area contributed by atoms with Crippen molar-refractivity contribution in [2.24, 2.45) is 0 Å². The molecule has 8 heteroatoms. The van der Waals surface area contributed by atoms with E-state index >= 15 is 0 Å². The maximum atomic E-state index is 10.0. The zero-order valence-electron chi connectivity index (χ0n) is 52.8. The summed E-state index contributed by atoms with van der Waals surface area (Å²) in [6.45, 7) is 7.89. The Kier molecular flexibility index (Phi) is 14.5. The summed E-state index contributed by atoms with van der Waals surface area (Å²) in [6.07, 6.45) is 0. The smallest absolute Gasteiger partial charge is 0.187 e. The fourth-order valence-electron chi connectivity index (χ4n) is 13.7. The van der Waals surface area contributed by atoms with Crippen LogP contribution in [0.4, 0.5) is 5.69 Å². The van der Waals surface area contributed by atoms with Crippen LogP contribution >= 0.6 is 0 Å². The highest BCUT2D eigenvalue weighted by atomic mass is 15.0. The normalized spacial score (nSPS) is 11.2. The summed E-state index contributed by atoms with van der Waals surface area (Å²) < 4.78 is 4.70. The van der Waals surface area contributed by atoms with E-state index < -0.39 is 0 Å². The van der Waals surface area contributed by atoms with Crippen LogP contribution in [0.3, 0.4) is 0 Å². The maximum Gasteiger partial charge on any atom is 0.187 e. The highest BCUT2D eigenvalue weighted by molar-refractivity contribution is 6.13. The Labute approximate surface area is 566 Å². The van der Waals surface area contributed by atoms with Crippen molar-refractivity contribution >= 4 is 49.3 Å². The highest BCUT2D eigenvalue weighted by Crippen LogP contribution is 2.43. The maximum absolute atomic E-state index is 10.0. The van der Waals surface area contributed by atoms with E-state index in [1.54, 1.807) is 0 Å². The molecule has 3 heterocycles. The molecule has 0 saturated heterocycles. The Morgan fingerprint density at radius 1 is 0.245 bits per heavy atom. The molecule has 3 aromatic heterocycles. The SMILES string of the molecule is [C-]#[N+]c1ccc(-c2cc(-c3nc(-c4ccc(-c5cccc(C#N)c5)cc4)nc(-c4cc(-c5ccc(C#N)cc5)cc(-n5c6ccc(-c7ccccc7)cc6c6cc(-c7ccccc7)ccc65)c4)n3)cc(-n3c4ccc(-c5ccccc5)cc4c4cc(-c5ccccc5)ccc43)c2)cc1. The molecule has 98 heavy (non-hydrogen) atoms. The largest absolute Gasteiger partial charge is 0.309 e. The first kappa shape index (κ1) is 58.0. The molecule has 0 bridgehead atoms. The van der Waals surface area contributed by atoms with Crippen molar-refractivity contribution in [2.75, 3.05) is 0 Å². The Hall–Kier alpha value is -13.8. The van der Waals surface area contributed by atoms with Gasteiger partial charge >= 0.3 is 0 Å². The second-order valence-corrected chi connectivity index (χ2v) is 24.5. The Bertz CT molecular complexity index is 5580. The minimum absolute atomic E-state index is 0.443. The predicted octanol–water partition coefficient (Wildman–Crippen LogP) is 23.0. The van der Waals surface area contributed by atoms with Crippen LogP contribution in [0.5, 0.6) is 0 Å². The third-order valence-electron chi connectivity index (χ3n) is 18.6. The molecule has 0 saturated carbocycles. The van der Waals surface area contributed by atoms with E-state index in [0.29, 0.717) is 34.3 Å². The molecule has 0 radical (unpaired) electrons. The first-order valence-electron chi connectivity index (χ1n) is 32.4. The van der Waals surface area contributed by atoms with Crippen LogP contribution in [0.25, 0.3) is 172 Å². The zero-order chi connectivity index (χ0) is 65.6. The van der Waals surface area contributed by atoms with Crippen LogP contribution < -0.4 is 0 Å². The van der Waals surface area contributed by atoms with Crippen molar-refractivity contribution in [3.05, 3.63) is 350 Å². The lowest BCUT2D eigenvalue weighted by Gasteiger charge is -2.16. The molecule has 0 atom stereocenters. The van der Waals surface area contributed by atoms with Crippen molar-refractivity contribution in [1.82, 2.24) is 24.1 Å². The molecule has 17 rings (SSSR count). The second-order valence-electron chi connectivity index (χ2n) is 24.5. The van der Waals surface area contributed by atoms with Gasteiger partial charge in [0, 0.05) is 49.6 Å². The van der Waals surface area contributed by atoms with Crippen molar-refractivity contribution in [3.8, 4) is 136 Å². The number of hydrogen-bond acceptors (Lipinski definition) is 5. The fourth-order valence-corrected chi connectivity index (χ4v) is 13.7. The van der Waals surface area contributed by atoms with Crippen LogP contribution in [0.1, 0.15) is 11.1 Å². The number of nitriles is 2. The standard InChI is InChI=1S/C90H54N8/c1-93-77-39-33-66(34-40-77)74-47-76(51-79(49-74)98-86-43-37-71(62-20-10-4-11-21-62)54-82(86)83-55-72(38-44-87(83)98)63-22-12-5-13-23-63)90-95-88(67-31-29-64(30-32-67)68-24-14-15-59(45-68)57-92)94-89(96-90)75-46-73(65-27-25-58(56-91)26-28-65)48-78(50-75)97-84-41-35-69(60-16-6-2-7-17-60)52-80(84)81-53-70(36-42-85(81)97)61-18-8-3-9-19-61/h2-55H. The van der Waals surface area contributed by atoms with Crippen molar-refractivity contribution in [3.63, 3.8) is 0 Å². The second kappa shape index (κ2) is 24.6. The molecule has 17 aromatic rings. The Morgan fingerprint density at radius 3 is 0.918 bits per heavy atom. The molecule has 14 aromatic carbocycles. The van der Waals surface area contributed by atoms with E-state index in [1.807, 2.05) is 121 Å². The Morgan fingerprint density at radius 2 is 0.541 bits per heavy atom. The van der Waals surface area contributed by atoms with Gasteiger partial charge in [-0.1, -0.05) is 218 Å². The third-order valence-corrected chi connectivity index (χ3v) is 18.6. The van der Waals surface area contributed by atoms with Crippen molar-refractivity contribution < 1.29 is 0 Å².